The number of halogens is 1. The number of H-pyrrole nitrogens is 1. The standard InChI is InChI=1S/C26H19BrN2O4/c1-15-21(25(31)29(28-15)18-7-3-2-4-8-18)22(16-11-13-17(27)14-12-16)23-24(30)19-9-5-6-10-20(19)33-26(23)32/h2-14,22,28,30H,1H3. The van der Waals surface area contributed by atoms with E-state index in [9.17, 15) is 14.7 Å². The molecule has 5 aromatic rings. The first kappa shape index (κ1) is 21.0. The molecule has 2 heterocycles. The summed E-state index contributed by atoms with van der Waals surface area (Å²) in [4.78, 5) is 26.8. The molecule has 0 saturated carbocycles. The van der Waals surface area contributed by atoms with E-state index in [1.54, 1.807) is 31.2 Å². The van der Waals surface area contributed by atoms with Gasteiger partial charge in [0.2, 0.25) is 0 Å². The zero-order valence-electron chi connectivity index (χ0n) is 17.6. The van der Waals surface area contributed by atoms with Crippen LogP contribution in [-0.4, -0.2) is 14.9 Å². The molecule has 2 aromatic heterocycles. The number of fused-ring (bicyclic) bond motifs is 1. The third-order valence-corrected chi connectivity index (χ3v) is 6.26. The Bertz CT molecular complexity index is 1580. The molecule has 0 aliphatic carbocycles. The van der Waals surface area contributed by atoms with Crippen LogP contribution in [0.3, 0.4) is 0 Å². The van der Waals surface area contributed by atoms with Crippen LogP contribution in [0.1, 0.15) is 28.3 Å². The maximum Gasteiger partial charge on any atom is 0.344 e. The molecule has 0 bridgehead atoms. The van der Waals surface area contributed by atoms with E-state index in [1.165, 1.54) is 4.68 Å². The topological polar surface area (TPSA) is 88.2 Å². The number of hydrogen-bond acceptors (Lipinski definition) is 4. The third kappa shape index (κ3) is 3.60. The molecule has 164 valence electrons. The van der Waals surface area contributed by atoms with E-state index >= 15 is 0 Å². The van der Waals surface area contributed by atoms with Crippen molar-refractivity contribution in [3.63, 3.8) is 0 Å². The fourth-order valence-corrected chi connectivity index (χ4v) is 4.46. The summed E-state index contributed by atoms with van der Waals surface area (Å²) < 4.78 is 7.84. The van der Waals surface area contributed by atoms with Crippen molar-refractivity contribution >= 4 is 26.9 Å². The van der Waals surface area contributed by atoms with Crippen LogP contribution in [-0.2, 0) is 0 Å². The van der Waals surface area contributed by atoms with Crippen molar-refractivity contribution in [1.29, 1.82) is 0 Å². The lowest BCUT2D eigenvalue weighted by molar-refractivity contribution is 0.455. The highest BCUT2D eigenvalue weighted by atomic mass is 79.9. The molecule has 2 N–H and O–H groups in total. The third-order valence-electron chi connectivity index (χ3n) is 5.73. The summed E-state index contributed by atoms with van der Waals surface area (Å²) in [6.45, 7) is 1.78. The summed E-state index contributed by atoms with van der Waals surface area (Å²) >= 11 is 3.43. The zero-order chi connectivity index (χ0) is 23.1. The molecule has 0 spiro atoms. The van der Waals surface area contributed by atoms with Gasteiger partial charge in [-0.05, 0) is 48.9 Å². The van der Waals surface area contributed by atoms with Gasteiger partial charge in [0.1, 0.15) is 11.3 Å². The van der Waals surface area contributed by atoms with Crippen molar-refractivity contribution in [2.75, 3.05) is 0 Å². The molecule has 0 saturated heterocycles. The fraction of sp³-hybridized carbons (Fsp3) is 0.0769. The van der Waals surface area contributed by atoms with Gasteiger partial charge in [0.05, 0.1) is 28.1 Å². The molecule has 5 rings (SSSR count). The molecular formula is C26H19BrN2O4. The number of rotatable bonds is 4. The number of para-hydroxylation sites is 2. The lowest BCUT2D eigenvalue weighted by Gasteiger charge is -2.18. The van der Waals surface area contributed by atoms with Crippen molar-refractivity contribution in [3.8, 4) is 11.4 Å². The first-order valence-corrected chi connectivity index (χ1v) is 11.1. The van der Waals surface area contributed by atoms with Crippen molar-refractivity contribution in [2.45, 2.75) is 12.8 Å². The summed E-state index contributed by atoms with van der Waals surface area (Å²) in [5.41, 5.74) is 1.60. The summed E-state index contributed by atoms with van der Waals surface area (Å²) in [5, 5.41) is 14.7. The minimum Gasteiger partial charge on any atom is -0.507 e. The lowest BCUT2D eigenvalue weighted by atomic mass is 9.85. The number of aromatic amines is 1. The molecule has 0 radical (unpaired) electrons. The van der Waals surface area contributed by atoms with Crippen LogP contribution < -0.4 is 11.2 Å². The molecule has 0 aliphatic heterocycles. The Labute approximate surface area is 196 Å². The van der Waals surface area contributed by atoms with Gasteiger partial charge in [-0.3, -0.25) is 9.89 Å². The molecule has 1 unspecified atom stereocenters. The SMILES string of the molecule is Cc1[nH]n(-c2ccccc2)c(=O)c1C(c1ccc(Br)cc1)c1c(O)c2ccccc2oc1=O. The van der Waals surface area contributed by atoms with Gasteiger partial charge < -0.3 is 9.52 Å². The highest BCUT2D eigenvalue weighted by molar-refractivity contribution is 9.10. The normalized spacial score (nSPS) is 12.2. The Morgan fingerprint density at radius 1 is 0.909 bits per heavy atom. The quantitative estimate of drug-likeness (QED) is 0.329. The number of nitrogens with one attached hydrogen (secondary N) is 1. The Hall–Kier alpha value is -3.84. The van der Waals surface area contributed by atoms with E-state index in [0.717, 1.165) is 4.47 Å². The van der Waals surface area contributed by atoms with Gasteiger partial charge in [0.25, 0.3) is 5.56 Å². The Balaban J connectivity index is 1.83. The minimum atomic E-state index is -0.840. The predicted molar refractivity (Wildman–Crippen MR) is 130 cm³/mol. The largest absolute Gasteiger partial charge is 0.507 e. The molecule has 7 heteroatoms. The van der Waals surface area contributed by atoms with Gasteiger partial charge in [-0.15, -0.1) is 0 Å². The van der Waals surface area contributed by atoms with E-state index < -0.39 is 11.5 Å². The highest BCUT2D eigenvalue weighted by Crippen LogP contribution is 2.38. The molecular weight excluding hydrogens is 484 g/mol. The first-order valence-electron chi connectivity index (χ1n) is 10.3. The maximum atomic E-state index is 13.6. The van der Waals surface area contributed by atoms with Gasteiger partial charge in [-0.25, -0.2) is 9.48 Å². The van der Waals surface area contributed by atoms with E-state index in [1.807, 2.05) is 54.6 Å². The van der Waals surface area contributed by atoms with Gasteiger partial charge in [0.15, 0.2) is 0 Å². The van der Waals surface area contributed by atoms with Crippen molar-refractivity contribution in [1.82, 2.24) is 9.78 Å². The second kappa shape index (κ2) is 8.26. The van der Waals surface area contributed by atoms with E-state index in [0.29, 0.717) is 27.9 Å². The number of aromatic nitrogens is 2. The predicted octanol–water partition coefficient (Wildman–Crippen LogP) is 5.23. The van der Waals surface area contributed by atoms with Crippen molar-refractivity contribution < 1.29 is 9.52 Å². The maximum absolute atomic E-state index is 13.6. The highest BCUT2D eigenvalue weighted by Gasteiger charge is 2.31. The molecule has 33 heavy (non-hydrogen) atoms. The summed E-state index contributed by atoms with van der Waals surface area (Å²) in [6, 6.07) is 23.3. The van der Waals surface area contributed by atoms with E-state index in [4.69, 9.17) is 4.42 Å². The fourth-order valence-electron chi connectivity index (χ4n) is 4.19. The molecule has 6 nitrogen and oxygen atoms in total. The second-order valence-electron chi connectivity index (χ2n) is 7.76. The van der Waals surface area contributed by atoms with Gasteiger partial charge in [0, 0.05) is 10.2 Å². The van der Waals surface area contributed by atoms with Crippen LogP contribution >= 0.6 is 15.9 Å². The molecule has 0 amide bonds. The van der Waals surface area contributed by atoms with Gasteiger partial charge >= 0.3 is 5.63 Å². The van der Waals surface area contributed by atoms with Crippen molar-refractivity contribution in [3.05, 3.63) is 126 Å². The average Bonchev–Trinajstić information content (AvgIpc) is 3.11. The minimum absolute atomic E-state index is 0.0236. The second-order valence-corrected chi connectivity index (χ2v) is 8.67. The molecule has 0 aliphatic rings. The monoisotopic (exact) mass is 502 g/mol. The van der Waals surface area contributed by atoms with Gasteiger partial charge in [-0.1, -0.05) is 58.4 Å². The Morgan fingerprint density at radius 2 is 1.58 bits per heavy atom. The number of nitrogens with zero attached hydrogens (tertiary/aromatic N) is 1. The average molecular weight is 503 g/mol. The van der Waals surface area contributed by atoms with E-state index in [-0.39, 0.29) is 22.5 Å². The summed E-state index contributed by atoms with van der Waals surface area (Å²) in [7, 11) is 0. The van der Waals surface area contributed by atoms with Crippen LogP contribution in [0.4, 0.5) is 0 Å². The zero-order valence-corrected chi connectivity index (χ0v) is 19.2. The van der Waals surface area contributed by atoms with Crippen molar-refractivity contribution in [2.24, 2.45) is 0 Å². The lowest BCUT2D eigenvalue weighted by Crippen LogP contribution is -2.23. The molecule has 3 aromatic carbocycles. The Morgan fingerprint density at radius 3 is 2.30 bits per heavy atom. The Kier molecular flexibility index (Phi) is 5.26. The molecule has 0 fully saturated rings. The number of aryl methyl sites for hydroxylation is 1. The molecule has 1 atom stereocenters. The van der Waals surface area contributed by atoms with Gasteiger partial charge in [-0.2, -0.15) is 0 Å². The van der Waals surface area contributed by atoms with Crippen LogP contribution in [0.2, 0.25) is 0 Å². The number of benzene rings is 3. The first-order chi connectivity index (χ1) is 16.0. The number of aromatic hydroxyl groups is 1. The number of hydrogen-bond donors (Lipinski definition) is 2. The smallest absolute Gasteiger partial charge is 0.344 e. The van der Waals surface area contributed by atoms with Crippen LogP contribution in [0, 0.1) is 6.92 Å². The van der Waals surface area contributed by atoms with Crippen LogP contribution in [0.5, 0.6) is 5.75 Å². The van der Waals surface area contributed by atoms with Crippen LogP contribution in [0.25, 0.3) is 16.7 Å². The summed E-state index contributed by atoms with van der Waals surface area (Å²) in [6.07, 6.45) is 0. The van der Waals surface area contributed by atoms with Crippen LogP contribution in [0.15, 0.2) is 97.3 Å². The van der Waals surface area contributed by atoms with E-state index in [2.05, 4.69) is 21.0 Å². The summed E-state index contributed by atoms with van der Waals surface area (Å²) in [5.74, 6) is -1.03.